The molecule has 0 unspecified atom stereocenters. The topological polar surface area (TPSA) is 71.2 Å². The standard InChI is InChI=1S/C21H21FN4O/c22-16-4-2-15(3-5-16)18-12-20(21(23)27)25-19-11-14(1-6-17(18)19)13-26-9-7-24-8-10-26/h1-6,11-12,24H,7-10,13H2,(H2,23,27). The van der Waals surface area contributed by atoms with Gasteiger partial charge in [-0.1, -0.05) is 24.3 Å². The van der Waals surface area contributed by atoms with Crippen LogP contribution in [0.5, 0.6) is 0 Å². The third kappa shape index (κ3) is 3.82. The van der Waals surface area contributed by atoms with Gasteiger partial charge in [-0.25, -0.2) is 9.37 Å². The first-order valence-electron chi connectivity index (χ1n) is 9.03. The number of aromatic nitrogens is 1. The second-order valence-electron chi connectivity index (χ2n) is 6.80. The summed E-state index contributed by atoms with van der Waals surface area (Å²) >= 11 is 0. The van der Waals surface area contributed by atoms with Gasteiger partial charge in [0.05, 0.1) is 5.52 Å². The predicted molar refractivity (Wildman–Crippen MR) is 104 cm³/mol. The molecule has 0 bridgehead atoms. The lowest BCUT2D eigenvalue weighted by Gasteiger charge is -2.27. The number of primary amides is 1. The molecule has 1 fully saturated rings. The monoisotopic (exact) mass is 364 g/mol. The normalized spacial score (nSPS) is 15.1. The number of carbonyl (C=O) groups excluding carboxylic acids is 1. The van der Waals surface area contributed by atoms with Crippen molar-refractivity contribution in [3.8, 4) is 11.1 Å². The highest BCUT2D eigenvalue weighted by Gasteiger charge is 2.14. The zero-order valence-corrected chi connectivity index (χ0v) is 14.9. The quantitative estimate of drug-likeness (QED) is 0.746. The molecule has 1 aliphatic rings. The van der Waals surface area contributed by atoms with Crippen LogP contribution in [0.15, 0.2) is 48.5 Å². The van der Waals surface area contributed by atoms with Crippen LogP contribution < -0.4 is 11.1 Å². The van der Waals surface area contributed by atoms with Crippen LogP contribution in [0, 0.1) is 5.82 Å². The van der Waals surface area contributed by atoms with Gasteiger partial charge in [-0.15, -0.1) is 0 Å². The molecule has 0 aliphatic carbocycles. The minimum Gasteiger partial charge on any atom is -0.364 e. The highest BCUT2D eigenvalue weighted by Crippen LogP contribution is 2.29. The Bertz CT molecular complexity index is 981. The highest BCUT2D eigenvalue weighted by atomic mass is 19.1. The third-order valence-corrected chi connectivity index (χ3v) is 4.90. The molecule has 27 heavy (non-hydrogen) atoms. The van der Waals surface area contributed by atoms with Gasteiger partial charge in [0.2, 0.25) is 0 Å². The van der Waals surface area contributed by atoms with Crippen LogP contribution in [-0.2, 0) is 6.54 Å². The molecule has 1 saturated heterocycles. The van der Waals surface area contributed by atoms with E-state index in [1.807, 2.05) is 12.1 Å². The highest BCUT2D eigenvalue weighted by molar-refractivity contribution is 6.00. The summed E-state index contributed by atoms with van der Waals surface area (Å²) in [5.41, 5.74) is 9.20. The van der Waals surface area contributed by atoms with Gasteiger partial charge in [0, 0.05) is 38.1 Å². The van der Waals surface area contributed by atoms with E-state index in [-0.39, 0.29) is 11.5 Å². The molecule has 1 aromatic heterocycles. The molecule has 0 radical (unpaired) electrons. The minimum atomic E-state index is -0.576. The Balaban J connectivity index is 1.78. The molecule has 2 aromatic carbocycles. The Hall–Kier alpha value is -2.83. The number of halogens is 1. The number of nitrogens with two attached hydrogens (primary N) is 1. The van der Waals surface area contributed by atoms with Crippen molar-refractivity contribution in [1.82, 2.24) is 15.2 Å². The summed E-state index contributed by atoms with van der Waals surface area (Å²) in [5.74, 6) is -0.877. The largest absolute Gasteiger partial charge is 0.364 e. The molecule has 2 heterocycles. The van der Waals surface area contributed by atoms with Crippen molar-refractivity contribution in [2.45, 2.75) is 6.54 Å². The summed E-state index contributed by atoms with van der Waals surface area (Å²) in [6, 6.07) is 14.0. The van der Waals surface area contributed by atoms with E-state index in [4.69, 9.17) is 5.73 Å². The van der Waals surface area contributed by atoms with E-state index >= 15 is 0 Å². The van der Waals surface area contributed by atoms with Crippen molar-refractivity contribution in [2.75, 3.05) is 26.2 Å². The van der Waals surface area contributed by atoms with Gasteiger partial charge < -0.3 is 11.1 Å². The number of amides is 1. The molecule has 3 aromatic rings. The number of rotatable bonds is 4. The Kier molecular flexibility index (Phi) is 4.83. The van der Waals surface area contributed by atoms with Crippen LogP contribution in [0.3, 0.4) is 0 Å². The fraction of sp³-hybridized carbons (Fsp3) is 0.238. The number of hydrogen-bond acceptors (Lipinski definition) is 4. The maximum Gasteiger partial charge on any atom is 0.267 e. The van der Waals surface area contributed by atoms with Crippen LogP contribution in [0.4, 0.5) is 4.39 Å². The molecule has 6 heteroatoms. The first-order valence-corrected chi connectivity index (χ1v) is 9.03. The van der Waals surface area contributed by atoms with Crippen LogP contribution in [0.1, 0.15) is 16.1 Å². The van der Waals surface area contributed by atoms with Crippen molar-refractivity contribution >= 4 is 16.8 Å². The Morgan fingerprint density at radius 3 is 2.56 bits per heavy atom. The van der Waals surface area contributed by atoms with E-state index < -0.39 is 5.91 Å². The number of carbonyl (C=O) groups is 1. The fourth-order valence-corrected chi connectivity index (χ4v) is 3.49. The van der Waals surface area contributed by atoms with Gasteiger partial charge in [0.1, 0.15) is 11.5 Å². The molecular weight excluding hydrogens is 343 g/mol. The number of benzene rings is 2. The lowest BCUT2D eigenvalue weighted by atomic mass is 9.98. The van der Waals surface area contributed by atoms with Crippen molar-refractivity contribution in [3.05, 3.63) is 65.6 Å². The van der Waals surface area contributed by atoms with Gasteiger partial charge in [0.15, 0.2) is 0 Å². The number of nitrogens with zero attached hydrogens (tertiary/aromatic N) is 2. The third-order valence-electron chi connectivity index (χ3n) is 4.90. The van der Waals surface area contributed by atoms with Crippen molar-refractivity contribution in [1.29, 1.82) is 0 Å². The lowest BCUT2D eigenvalue weighted by molar-refractivity contribution is 0.0996. The van der Waals surface area contributed by atoms with Crippen LogP contribution in [-0.4, -0.2) is 42.0 Å². The molecular formula is C21H21FN4O. The predicted octanol–water partition coefficient (Wildman–Crippen LogP) is 2.55. The van der Waals surface area contributed by atoms with E-state index in [1.165, 1.54) is 12.1 Å². The summed E-state index contributed by atoms with van der Waals surface area (Å²) in [7, 11) is 0. The average Bonchev–Trinajstić information content (AvgIpc) is 2.68. The average molecular weight is 364 g/mol. The first-order chi connectivity index (χ1) is 13.1. The van der Waals surface area contributed by atoms with Crippen molar-refractivity contribution in [3.63, 3.8) is 0 Å². The maximum absolute atomic E-state index is 13.3. The van der Waals surface area contributed by atoms with Gasteiger partial charge in [0.25, 0.3) is 5.91 Å². The number of hydrogen-bond donors (Lipinski definition) is 2. The second kappa shape index (κ2) is 7.42. The number of pyridine rings is 1. The lowest BCUT2D eigenvalue weighted by Crippen LogP contribution is -2.42. The van der Waals surface area contributed by atoms with E-state index in [0.717, 1.165) is 60.3 Å². The van der Waals surface area contributed by atoms with Crippen molar-refractivity contribution < 1.29 is 9.18 Å². The van der Waals surface area contributed by atoms with Crippen LogP contribution in [0.25, 0.3) is 22.0 Å². The maximum atomic E-state index is 13.3. The van der Waals surface area contributed by atoms with Gasteiger partial charge >= 0.3 is 0 Å². The SMILES string of the molecule is NC(=O)c1cc(-c2ccc(F)cc2)c2ccc(CN3CCNCC3)cc2n1. The number of piperazine rings is 1. The molecule has 138 valence electrons. The van der Waals surface area contributed by atoms with Crippen molar-refractivity contribution in [2.24, 2.45) is 5.73 Å². The Morgan fingerprint density at radius 1 is 1.11 bits per heavy atom. The molecule has 3 N–H and O–H groups in total. The second-order valence-corrected chi connectivity index (χ2v) is 6.80. The zero-order chi connectivity index (χ0) is 18.8. The molecule has 1 aliphatic heterocycles. The number of nitrogens with one attached hydrogen (secondary N) is 1. The van der Waals surface area contributed by atoms with E-state index in [9.17, 15) is 9.18 Å². The molecule has 0 spiro atoms. The summed E-state index contributed by atoms with van der Waals surface area (Å²) in [5, 5.41) is 4.26. The number of fused-ring (bicyclic) bond motifs is 1. The van der Waals surface area contributed by atoms with Gasteiger partial charge in [-0.3, -0.25) is 9.69 Å². The van der Waals surface area contributed by atoms with E-state index in [0.29, 0.717) is 0 Å². The molecule has 0 saturated carbocycles. The minimum absolute atomic E-state index is 0.209. The first kappa shape index (κ1) is 17.6. The van der Waals surface area contributed by atoms with Crippen LogP contribution in [0.2, 0.25) is 0 Å². The Labute approximate surface area is 157 Å². The smallest absolute Gasteiger partial charge is 0.267 e. The zero-order valence-electron chi connectivity index (χ0n) is 14.9. The van der Waals surface area contributed by atoms with Gasteiger partial charge in [-0.05, 0) is 41.0 Å². The molecule has 1 amide bonds. The Morgan fingerprint density at radius 2 is 1.85 bits per heavy atom. The fourth-order valence-electron chi connectivity index (χ4n) is 3.49. The summed E-state index contributed by atoms with van der Waals surface area (Å²) in [4.78, 5) is 18.6. The van der Waals surface area contributed by atoms with Gasteiger partial charge in [-0.2, -0.15) is 0 Å². The molecule has 4 rings (SSSR count). The summed E-state index contributed by atoms with van der Waals surface area (Å²) in [6.07, 6.45) is 0. The van der Waals surface area contributed by atoms with E-state index in [2.05, 4.69) is 21.3 Å². The molecule has 5 nitrogen and oxygen atoms in total. The summed E-state index contributed by atoms with van der Waals surface area (Å²) < 4.78 is 13.3. The van der Waals surface area contributed by atoms with Crippen LogP contribution >= 0.6 is 0 Å². The van der Waals surface area contributed by atoms with E-state index in [1.54, 1.807) is 18.2 Å². The molecule has 0 atom stereocenters. The summed E-state index contributed by atoms with van der Waals surface area (Å²) in [6.45, 7) is 4.84.